The summed E-state index contributed by atoms with van der Waals surface area (Å²) in [4.78, 5) is 15.5. The minimum Gasteiger partial charge on any atom is -0.342 e. The van der Waals surface area contributed by atoms with E-state index < -0.39 is 0 Å². The van der Waals surface area contributed by atoms with Crippen LogP contribution >= 0.6 is 11.3 Å². The van der Waals surface area contributed by atoms with Gasteiger partial charge in [0.05, 0.1) is 6.42 Å². The van der Waals surface area contributed by atoms with Crippen molar-refractivity contribution in [1.82, 2.24) is 10.2 Å². The van der Waals surface area contributed by atoms with E-state index in [1.165, 1.54) is 30.6 Å². The van der Waals surface area contributed by atoms with Gasteiger partial charge in [0.15, 0.2) is 0 Å². The number of nitrogens with zero attached hydrogens (tertiary/aromatic N) is 1. The van der Waals surface area contributed by atoms with E-state index in [2.05, 4.69) is 16.3 Å². The second kappa shape index (κ2) is 5.63. The minimum absolute atomic E-state index is 0.311. The lowest BCUT2D eigenvalue weighted by atomic mass is 9.71. The van der Waals surface area contributed by atoms with Crippen molar-refractivity contribution in [3.63, 3.8) is 0 Å². The molecule has 4 heteroatoms. The van der Waals surface area contributed by atoms with Gasteiger partial charge in [-0.25, -0.2) is 0 Å². The minimum atomic E-state index is 0.311. The molecule has 0 aliphatic carbocycles. The molecule has 2 saturated heterocycles. The number of thiophene rings is 1. The molecule has 1 aromatic heterocycles. The molecule has 1 amide bonds. The van der Waals surface area contributed by atoms with Crippen molar-refractivity contribution in [1.29, 1.82) is 0 Å². The highest BCUT2D eigenvalue weighted by Crippen LogP contribution is 2.39. The van der Waals surface area contributed by atoms with Crippen molar-refractivity contribution >= 4 is 17.2 Å². The maximum absolute atomic E-state index is 12.3. The Bertz CT molecular complexity index is 413. The van der Waals surface area contributed by atoms with Gasteiger partial charge < -0.3 is 10.2 Å². The SMILES string of the molecule is O=C(Cc1cccs1)N1CCC2(CCNCC2)CC1. The number of rotatable bonds is 2. The molecular weight excluding hydrogens is 256 g/mol. The van der Waals surface area contributed by atoms with Gasteiger partial charge in [-0.2, -0.15) is 0 Å². The fourth-order valence-electron chi connectivity index (χ4n) is 3.36. The number of likely N-dealkylation sites (tertiary alicyclic amines) is 1. The van der Waals surface area contributed by atoms with Gasteiger partial charge in [0.25, 0.3) is 0 Å². The Hall–Kier alpha value is -0.870. The number of carbonyl (C=O) groups is 1. The van der Waals surface area contributed by atoms with Crippen LogP contribution in [0.25, 0.3) is 0 Å². The molecular formula is C15H22N2OS. The molecule has 0 atom stereocenters. The molecule has 1 N–H and O–H groups in total. The van der Waals surface area contributed by atoms with Crippen LogP contribution in [0.4, 0.5) is 0 Å². The van der Waals surface area contributed by atoms with E-state index in [0.29, 0.717) is 17.7 Å². The van der Waals surface area contributed by atoms with Crippen molar-refractivity contribution in [2.24, 2.45) is 5.41 Å². The average Bonchev–Trinajstić information content (AvgIpc) is 2.93. The number of hydrogen-bond acceptors (Lipinski definition) is 3. The second-order valence-electron chi connectivity index (χ2n) is 5.89. The van der Waals surface area contributed by atoms with E-state index in [9.17, 15) is 4.79 Å². The zero-order chi connectivity index (χ0) is 13.1. The molecule has 3 nitrogen and oxygen atoms in total. The average molecular weight is 278 g/mol. The predicted octanol–water partition coefficient (Wildman–Crippen LogP) is 2.28. The van der Waals surface area contributed by atoms with E-state index >= 15 is 0 Å². The van der Waals surface area contributed by atoms with E-state index in [1.54, 1.807) is 11.3 Å². The van der Waals surface area contributed by atoms with Crippen molar-refractivity contribution in [3.8, 4) is 0 Å². The van der Waals surface area contributed by atoms with Crippen LogP contribution in [0.5, 0.6) is 0 Å². The third-order valence-electron chi connectivity index (χ3n) is 4.75. The predicted molar refractivity (Wildman–Crippen MR) is 78.4 cm³/mol. The Labute approximate surface area is 119 Å². The molecule has 2 aliphatic rings. The Morgan fingerprint density at radius 1 is 1.26 bits per heavy atom. The number of amides is 1. The van der Waals surface area contributed by atoms with Crippen molar-refractivity contribution in [2.75, 3.05) is 26.2 Å². The van der Waals surface area contributed by atoms with Crippen LogP contribution in [0.1, 0.15) is 30.6 Å². The number of piperidine rings is 2. The van der Waals surface area contributed by atoms with Crippen LogP contribution in [0, 0.1) is 5.41 Å². The summed E-state index contributed by atoms with van der Waals surface area (Å²) < 4.78 is 0. The largest absolute Gasteiger partial charge is 0.342 e. The highest BCUT2D eigenvalue weighted by Gasteiger charge is 2.36. The summed E-state index contributed by atoms with van der Waals surface area (Å²) in [5.41, 5.74) is 0.533. The first-order valence-corrected chi connectivity index (χ1v) is 8.16. The highest BCUT2D eigenvalue weighted by atomic mass is 32.1. The normalized spacial score (nSPS) is 22.6. The van der Waals surface area contributed by atoms with E-state index in [-0.39, 0.29) is 0 Å². The van der Waals surface area contributed by atoms with Gasteiger partial charge in [-0.1, -0.05) is 6.07 Å². The van der Waals surface area contributed by atoms with Crippen LogP contribution in [-0.2, 0) is 11.2 Å². The smallest absolute Gasteiger partial charge is 0.227 e. The van der Waals surface area contributed by atoms with Gasteiger partial charge in [0, 0.05) is 18.0 Å². The van der Waals surface area contributed by atoms with Crippen molar-refractivity contribution < 1.29 is 4.79 Å². The number of hydrogen-bond donors (Lipinski definition) is 1. The molecule has 2 fully saturated rings. The zero-order valence-electron chi connectivity index (χ0n) is 11.4. The summed E-state index contributed by atoms with van der Waals surface area (Å²) in [7, 11) is 0. The molecule has 104 valence electrons. The van der Waals surface area contributed by atoms with E-state index in [4.69, 9.17) is 0 Å². The Balaban J connectivity index is 1.53. The topological polar surface area (TPSA) is 32.3 Å². The molecule has 2 aliphatic heterocycles. The Kier molecular flexibility index (Phi) is 3.89. The molecule has 1 spiro atoms. The zero-order valence-corrected chi connectivity index (χ0v) is 12.2. The molecule has 0 aromatic carbocycles. The fourth-order valence-corrected chi connectivity index (χ4v) is 4.06. The summed E-state index contributed by atoms with van der Waals surface area (Å²) in [6.45, 7) is 4.24. The molecule has 3 rings (SSSR count). The van der Waals surface area contributed by atoms with Crippen LogP contribution in [0.3, 0.4) is 0 Å². The van der Waals surface area contributed by atoms with Gasteiger partial charge in [-0.3, -0.25) is 4.79 Å². The number of carbonyl (C=O) groups excluding carboxylic acids is 1. The van der Waals surface area contributed by atoms with Gasteiger partial charge in [-0.05, 0) is 55.6 Å². The van der Waals surface area contributed by atoms with Crippen molar-refractivity contribution in [3.05, 3.63) is 22.4 Å². The quantitative estimate of drug-likeness (QED) is 0.900. The molecule has 1 aromatic rings. The molecule has 3 heterocycles. The lowest BCUT2D eigenvalue weighted by Gasteiger charge is -2.44. The van der Waals surface area contributed by atoms with Gasteiger partial charge in [0.1, 0.15) is 0 Å². The van der Waals surface area contributed by atoms with Gasteiger partial charge in [0.2, 0.25) is 5.91 Å². The van der Waals surface area contributed by atoms with Crippen LogP contribution in [0.15, 0.2) is 17.5 Å². The summed E-state index contributed by atoms with van der Waals surface area (Å²) in [5.74, 6) is 0.311. The third kappa shape index (κ3) is 3.00. The summed E-state index contributed by atoms with van der Waals surface area (Å²) in [6.07, 6.45) is 5.57. The maximum atomic E-state index is 12.3. The monoisotopic (exact) mass is 278 g/mol. The van der Waals surface area contributed by atoms with Gasteiger partial charge >= 0.3 is 0 Å². The Morgan fingerprint density at radius 2 is 2.00 bits per heavy atom. The first kappa shape index (κ1) is 13.1. The molecule has 0 saturated carbocycles. The lowest BCUT2D eigenvalue weighted by Crippen LogP contribution is -2.47. The summed E-state index contributed by atoms with van der Waals surface area (Å²) in [5, 5.41) is 5.49. The standard InChI is InChI=1S/C15H22N2OS/c18-14(12-13-2-1-11-19-13)17-9-5-15(6-10-17)3-7-16-8-4-15/h1-2,11,16H,3-10,12H2. The lowest BCUT2D eigenvalue weighted by molar-refractivity contribution is -0.133. The molecule has 0 unspecified atom stereocenters. The maximum Gasteiger partial charge on any atom is 0.227 e. The first-order chi connectivity index (χ1) is 9.27. The van der Waals surface area contributed by atoms with Crippen LogP contribution in [-0.4, -0.2) is 37.0 Å². The van der Waals surface area contributed by atoms with Crippen LogP contribution in [0.2, 0.25) is 0 Å². The Morgan fingerprint density at radius 3 is 2.63 bits per heavy atom. The second-order valence-corrected chi connectivity index (χ2v) is 6.92. The molecule has 0 radical (unpaired) electrons. The number of nitrogens with one attached hydrogen (secondary N) is 1. The summed E-state index contributed by atoms with van der Waals surface area (Å²) in [6, 6.07) is 4.08. The van der Waals surface area contributed by atoms with E-state index in [0.717, 1.165) is 26.2 Å². The molecule has 19 heavy (non-hydrogen) atoms. The van der Waals surface area contributed by atoms with Crippen LogP contribution < -0.4 is 5.32 Å². The summed E-state index contributed by atoms with van der Waals surface area (Å²) >= 11 is 1.68. The fraction of sp³-hybridized carbons (Fsp3) is 0.667. The highest BCUT2D eigenvalue weighted by molar-refractivity contribution is 7.10. The third-order valence-corrected chi connectivity index (χ3v) is 5.62. The van der Waals surface area contributed by atoms with E-state index in [1.807, 2.05) is 11.4 Å². The van der Waals surface area contributed by atoms with Crippen molar-refractivity contribution in [2.45, 2.75) is 32.1 Å². The van der Waals surface area contributed by atoms with Gasteiger partial charge in [-0.15, -0.1) is 11.3 Å². The first-order valence-electron chi connectivity index (χ1n) is 7.28. The molecule has 0 bridgehead atoms.